The van der Waals surface area contributed by atoms with Crippen molar-refractivity contribution < 1.29 is 4.74 Å². The first kappa shape index (κ1) is 10.0. The summed E-state index contributed by atoms with van der Waals surface area (Å²) in [4.78, 5) is 11.7. The molecule has 8 heteroatoms. The number of rotatable bonds is 3. The predicted molar refractivity (Wildman–Crippen MR) is 54.1 cm³/mol. The summed E-state index contributed by atoms with van der Waals surface area (Å²) in [5.41, 5.74) is 5.52. The Morgan fingerprint density at radius 1 is 1.38 bits per heavy atom. The van der Waals surface area contributed by atoms with Gasteiger partial charge in [-0.2, -0.15) is 4.98 Å². The van der Waals surface area contributed by atoms with Crippen LogP contribution >= 0.6 is 0 Å². The molecule has 2 aromatic rings. The lowest BCUT2D eigenvalue weighted by Gasteiger charge is -2.00. The van der Waals surface area contributed by atoms with Crippen LogP contribution in [0.15, 0.2) is 18.7 Å². The molecule has 0 bridgehead atoms. The number of aromatic nitrogens is 5. The topological polar surface area (TPSA) is 116 Å². The second kappa shape index (κ2) is 3.93. The van der Waals surface area contributed by atoms with Crippen molar-refractivity contribution in [1.82, 2.24) is 24.7 Å². The SMILES string of the molecule is Cn1cnc(Oc2cnc(C(=N)N)cn2)n1. The van der Waals surface area contributed by atoms with Gasteiger partial charge in [-0.1, -0.05) is 0 Å². The molecule has 0 aliphatic rings. The third-order valence-corrected chi connectivity index (χ3v) is 1.68. The van der Waals surface area contributed by atoms with E-state index in [2.05, 4.69) is 20.1 Å². The number of nitrogen functional groups attached to an aromatic ring is 1. The van der Waals surface area contributed by atoms with Crippen molar-refractivity contribution in [3.63, 3.8) is 0 Å². The van der Waals surface area contributed by atoms with Crippen LogP contribution in [0.4, 0.5) is 0 Å². The molecule has 8 nitrogen and oxygen atoms in total. The zero-order valence-electron chi connectivity index (χ0n) is 8.45. The van der Waals surface area contributed by atoms with E-state index in [1.165, 1.54) is 23.4 Å². The highest BCUT2D eigenvalue weighted by molar-refractivity contribution is 5.92. The highest BCUT2D eigenvalue weighted by Gasteiger charge is 2.04. The van der Waals surface area contributed by atoms with Crippen LogP contribution in [-0.2, 0) is 7.05 Å². The van der Waals surface area contributed by atoms with Crippen LogP contribution < -0.4 is 10.5 Å². The van der Waals surface area contributed by atoms with E-state index in [4.69, 9.17) is 15.9 Å². The Morgan fingerprint density at radius 3 is 2.69 bits per heavy atom. The second-order valence-electron chi connectivity index (χ2n) is 2.96. The van der Waals surface area contributed by atoms with E-state index >= 15 is 0 Å². The fourth-order valence-electron chi connectivity index (χ4n) is 0.968. The summed E-state index contributed by atoms with van der Waals surface area (Å²) < 4.78 is 6.71. The van der Waals surface area contributed by atoms with E-state index in [0.29, 0.717) is 5.69 Å². The van der Waals surface area contributed by atoms with Crippen molar-refractivity contribution in [2.75, 3.05) is 0 Å². The molecule has 16 heavy (non-hydrogen) atoms. The summed E-state index contributed by atoms with van der Waals surface area (Å²) in [7, 11) is 1.73. The van der Waals surface area contributed by atoms with Crippen LogP contribution in [-0.4, -0.2) is 30.6 Å². The van der Waals surface area contributed by atoms with Crippen LogP contribution in [0.25, 0.3) is 0 Å². The minimum Gasteiger partial charge on any atom is -0.402 e. The molecule has 2 rings (SSSR count). The number of aryl methyl sites for hydroxylation is 1. The molecule has 0 aromatic carbocycles. The second-order valence-corrected chi connectivity index (χ2v) is 2.96. The third kappa shape index (κ3) is 2.11. The zero-order valence-corrected chi connectivity index (χ0v) is 8.45. The molecule has 0 atom stereocenters. The van der Waals surface area contributed by atoms with Gasteiger partial charge >= 0.3 is 6.01 Å². The van der Waals surface area contributed by atoms with Crippen molar-refractivity contribution in [3.8, 4) is 11.9 Å². The van der Waals surface area contributed by atoms with Crippen LogP contribution in [0.1, 0.15) is 5.69 Å². The van der Waals surface area contributed by atoms with Crippen molar-refractivity contribution >= 4 is 5.84 Å². The Kier molecular flexibility index (Phi) is 2.46. The Balaban J connectivity index is 2.14. The molecule has 0 aliphatic carbocycles. The normalized spacial score (nSPS) is 10.1. The number of hydrogen-bond acceptors (Lipinski definition) is 6. The molecule has 2 heterocycles. The fourth-order valence-corrected chi connectivity index (χ4v) is 0.968. The lowest BCUT2D eigenvalue weighted by atomic mass is 10.4. The van der Waals surface area contributed by atoms with Crippen molar-refractivity contribution in [1.29, 1.82) is 5.41 Å². The van der Waals surface area contributed by atoms with Gasteiger partial charge in [0.25, 0.3) is 0 Å². The number of nitrogens with one attached hydrogen (secondary N) is 1. The predicted octanol–water partition coefficient (Wildman–Crippen LogP) is -0.319. The van der Waals surface area contributed by atoms with Crippen LogP contribution in [0.3, 0.4) is 0 Å². The Hall–Kier alpha value is -2.51. The van der Waals surface area contributed by atoms with Gasteiger partial charge in [0.1, 0.15) is 17.9 Å². The molecule has 0 radical (unpaired) electrons. The van der Waals surface area contributed by atoms with E-state index < -0.39 is 0 Å². The molecule has 0 saturated heterocycles. The monoisotopic (exact) mass is 219 g/mol. The Labute approximate surface area is 90.6 Å². The molecular weight excluding hydrogens is 210 g/mol. The summed E-state index contributed by atoms with van der Waals surface area (Å²) >= 11 is 0. The molecule has 0 amide bonds. The van der Waals surface area contributed by atoms with Gasteiger partial charge in [0, 0.05) is 7.05 Å². The van der Waals surface area contributed by atoms with E-state index in [-0.39, 0.29) is 17.7 Å². The summed E-state index contributed by atoms with van der Waals surface area (Å²) in [6.07, 6.45) is 4.21. The van der Waals surface area contributed by atoms with E-state index in [1.807, 2.05) is 0 Å². The maximum Gasteiger partial charge on any atom is 0.342 e. The average molecular weight is 219 g/mol. The third-order valence-electron chi connectivity index (χ3n) is 1.68. The quantitative estimate of drug-likeness (QED) is 0.540. The molecule has 82 valence electrons. The van der Waals surface area contributed by atoms with Crippen molar-refractivity contribution in [3.05, 3.63) is 24.4 Å². The first-order valence-electron chi connectivity index (χ1n) is 4.35. The summed E-state index contributed by atoms with van der Waals surface area (Å²) in [5.74, 6) is 0.103. The van der Waals surface area contributed by atoms with Gasteiger partial charge in [0.05, 0.1) is 12.4 Å². The van der Waals surface area contributed by atoms with Gasteiger partial charge in [-0.05, 0) is 0 Å². The number of amidine groups is 1. The smallest absolute Gasteiger partial charge is 0.342 e. The average Bonchev–Trinajstić information content (AvgIpc) is 2.65. The number of nitrogens with two attached hydrogens (primary N) is 1. The number of nitrogens with zero attached hydrogens (tertiary/aromatic N) is 5. The number of ether oxygens (including phenoxy) is 1. The van der Waals surface area contributed by atoms with Crippen LogP contribution in [0.5, 0.6) is 11.9 Å². The Morgan fingerprint density at radius 2 is 2.19 bits per heavy atom. The highest BCUT2D eigenvalue weighted by atomic mass is 16.5. The summed E-state index contributed by atoms with van der Waals surface area (Å²) in [6.45, 7) is 0. The standard InChI is InChI=1S/C8H9N7O/c1-15-4-13-8(14-15)16-6-3-11-5(2-12-6)7(9)10/h2-4H,1H3,(H3,9,10). The molecule has 0 saturated carbocycles. The van der Waals surface area contributed by atoms with Crippen LogP contribution in [0, 0.1) is 5.41 Å². The van der Waals surface area contributed by atoms with Crippen LogP contribution in [0.2, 0.25) is 0 Å². The molecule has 0 fully saturated rings. The molecule has 0 unspecified atom stereocenters. The number of hydrogen-bond donors (Lipinski definition) is 2. The minimum atomic E-state index is -0.144. The molecule has 2 aromatic heterocycles. The molecule has 0 spiro atoms. The van der Waals surface area contributed by atoms with Gasteiger partial charge in [0.2, 0.25) is 5.88 Å². The van der Waals surface area contributed by atoms with E-state index in [0.717, 1.165) is 0 Å². The van der Waals surface area contributed by atoms with E-state index in [1.54, 1.807) is 7.05 Å². The fraction of sp³-hybridized carbons (Fsp3) is 0.125. The van der Waals surface area contributed by atoms with Gasteiger partial charge < -0.3 is 10.5 Å². The zero-order chi connectivity index (χ0) is 11.5. The maximum absolute atomic E-state index is 7.14. The summed E-state index contributed by atoms with van der Waals surface area (Å²) in [5, 5.41) is 11.0. The Bertz CT molecular complexity index is 503. The minimum absolute atomic E-state index is 0.144. The summed E-state index contributed by atoms with van der Waals surface area (Å²) in [6, 6.07) is 0.187. The van der Waals surface area contributed by atoms with Crippen molar-refractivity contribution in [2.24, 2.45) is 12.8 Å². The van der Waals surface area contributed by atoms with Gasteiger partial charge in [-0.15, -0.1) is 5.10 Å². The van der Waals surface area contributed by atoms with Crippen molar-refractivity contribution in [2.45, 2.75) is 0 Å². The highest BCUT2D eigenvalue weighted by Crippen LogP contribution is 2.12. The molecule has 0 aliphatic heterocycles. The largest absolute Gasteiger partial charge is 0.402 e. The van der Waals surface area contributed by atoms with Gasteiger partial charge in [-0.25, -0.2) is 9.97 Å². The molecule has 3 N–H and O–H groups in total. The van der Waals surface area contributed by atoms with E-state index in [9.17, 15) is 0 Å². The lowest BCUT2D eigenvalue weighted by molar-refractivity contribution is 0.420. The van der Waals surface area contributed by atoms with Gasteiger partial charge in [-0.3, -0.25) is 10.1 Å². The first-order chi connectivity index (χ1) is 7.65. The lowest BCUT2D eigenvalue weighted by Crippen LogP contribution is -2.13. The van der Waals surface area contributed by atoms with Gasteiger partial charge in [0.15, 0.2) is 0 Å². The maximum atomic E-state index is 7.14. The first-order valence-corrected chi connectivity index (χ1v) is 4.35. The molecular formula is C8H9N7O.